The fourth-order valence-electron chi connectivity index (χ4n) is 3.46. The number of nitrogens with two attached hydrogens (primary N) is 2. The van der Waals surface area contributed by atoms with Gasteiger partial charge in [-0.25, -0.2) is 0 Å². The Balaban J connectivity index is 1.53. The van der Waals surface area contributed by atoms with Crippen LogP contribution >= 0.6 is 0 Å². The fourth-order valence-corrected chi connectivity index (χ4v) is 3.46. The van der Waals surface area contributed by atoms with E-state index >= 15 is 0 Å². The Bertz CT molecular complexity index is 934. The molecular formula is C23H27N3O4. The maximum Gasteiger partial charge on any atom is 0.161 e. The lowest BCUT2D eigenvalue weighted by atomic mass is 9.95. The molecular weight excluding hydrogens is 382 g/mol. The van der Waals surface area contributed by atoms with E-state index in [0.29, 0.717) is 37.9 Å². The summed E-state index contributed by atoms with van der Waals surface area (Å²) >= 11 is 0. The molecule has 0 radical (unpaired) electrons. The van der Waals surface area contributed by atoms with E-state index < -0.39 is 0 Å². The molecule has 2 aliphatic rings. The summed E-state index contributed by atoms with van der Waals surface area (Å²) < 4.78 is 22.5. The monoisotopic (exact) mass is 409 g/mol. The van der Waals surface area contributed by atoms with Gasteiger partial charge in [0.15, 0.2) is 11.5 Å². The van der Waals surface area contributed by atoms with Crippen LogP contribution in [0.3, 0.4) is 0 Å². The molecule has 0 aliphatic carbocycles. The van der Waals surface area contributed by atoms with Crippen LogP contribution in [0.25, 0.3) is 11.1 Å². The molecule has 4 rings (SSSR count). The number of methoxy groups -OCH3 is 1. The number of dihydropyridines is 1. The first-order chi connectivity index (χ1) is 14.6. The molecule has 0 bridgehead atoms. The zero-order valence-electron chi connectivity index (χ0n) is 17.0. The van der Waals surface area contributed by atoms with Crippen molar-refractivity contribution in [2.75, 3.05) is 39.3 Å². The highest BCUT2D eigenvalue weighted by atomic mass is 16.6. The zero-order chi connectivity index (χ0) is 20.9. The van der Waals surface area contributed by atoms with Crippen LogP contribution in [0, 0.1) is 0 Å². The van der Waals surface area contributed by atoms with E-state index in [0.717, 1.165) is 28.0 Å². The Morgan fingerprint density at radius 2 is 1.87 bits per heavy atom. The molecule has 1 saturated heterocycles. The summed E-state index contributed by atoms with van der Waals surface area (Å²) in [5.74, 6) is 1.32. The topological polar surface area (TPSA) is 101 Å². The van der Waals surface area contributed by atoms with Gasteiger partial charge in [0.25, 0.3) is 0 Å². The van der Waals surface area contributed by atoms with Gasteiger partial charge >= 0.3 is 0 Å². The van der Waals surface area contributed by atoms with Crippen molar-refractivity contribution in [3.8, 4) is 11.5 Å². The van der Waals surface area contributed by atoms with Crippen molar-refractivity contribution in [3.63, 3.8) is 0 Å². The van der Waals surface area contributed by atoms with E-state index in [9.17, 15) is 0 Å². The van der Waals surface area contributed by atoms with Gasteiger partial charge in [0.05, 0.1) is 26.9 Å². The average Bonchev–Trinajstić information content (AvgIpc) is 2.79. The molecule has 0 saturated carbocycles. The maximum absolute atomic E-state index is 6.26. The van der Waals surface area contributed by atoms with Gasteiger partial charge in [0.1, 0.15) is 18.9 Å². The van der Waals surface area contributed by atoms with Crippen molar-refractivity contribution in [1.29, 1.82) is 0 Å². The number of allylic oxidation sites excluding steroid dienone is 2. The number of rotatable bonds is 6. The highest BCUT2D eigenvalue weighted by Gasteiger charge is 2.19. The first-order valence-electron chi connectivity index (χ1n) is 9.94. The van der Waals surface area contributed by atoms with Gasteiger partial charge < -0.3 is 35.7 Å². The Labute approximate surface area is 176 Å². The molecule has 2 aromatic rings. The third-order valence-electron chi connectivity index (χ3n) is 5.12. The van der Waals surface area contributed by atoms with Crippen molar-refractivity contribution in [1.82, 2.24) is 5.32 Å². The van der Waals surface area contributed by atoms with Crippen LogP contribution in [-0.2, 0) is 9.47 Å². The molecule has 2 aliphatic heterocycles. The summed E-state index contributed by atoms with van der Waals surface area (Å²) in [7, 11) is 1.63. The molecule has 0 aromatic heterocycles. The largest absolute Gasteiger partial charge is 0.493 e. The Morgan fingerprint density at radius 3 is 2.60 bits per heavy atom. The maximum atomic E-state index is 6.26. The second-order valence-electron chi connectivity index (χ2n) is 7.21. The minimum absolute atomic E-state index is 0.0692. The van der Waals surface area contributed by atoms with Gasteiger partial charge in [-0.05, 0) is 52.6 Å². The van der Waals surface area contributed by atoms with Crippen molar-refractivity contribution in [2.45, 2.75) is 12.3 Å². The van der Waals surface area contributed by atoms with Crippen LogP contribution in [-0.4, -0.2) is 45.8 Å². The van der Waals surface area contributed by atoms with Crippen LogP contribution in [0.2, 0.25) is 0 Å². The highest BCUT2D eigenvalue weighted by molar-refractivity contribution is 5.87. The SMILES string of the molecule is COc1cc(C2=CNC(N)C(c3ccc(N)cc3)=C2)ccc1OC[C@H]1COCCO1. The van der Waals surface area contributed by atoms with E-state index in [4.69, 9.17) is 30.4 Å². The van der Waals surface area contributed by atoms with Crippen molar-refractivity contribution < 1.29 is 18.9 Å². The van der Waals surface area contributed by atoms with E-state index in [1.165, 1.54) is 0 Å². The number of hydrogen-bond donors (Lipinski definition) is 3. The number of anilines is 1. The van der Waals surface area contributed by atoms with E-state index in [1.54, 1.807) is 7.11 Å². The third kappa shape index (κ3) is 4.59. The molecule has 2 aromatic carbocycles. The molecule has 0 spiro atoms. The summed E-state index contributed by atoms with van der Waals surface area (Å²) in [4.78, 5) is 0. The molecule has 158 valence electrons. The van der Waals surface area contributed by atoms with Gasteiger partial charge in [0.2, 0.25) is 0 Å². The molecule has 7 heteroatoms. The number of nitrogens with one attached hydrogen (secondary N) is 1. The Morgan fingerprint density at radius 1 is 1.07 bits per heavy atom. The highest BCUT2D eigenvalue weighted by Crippen LogP contribution is 2.33. The van der Waals surface area contributed by atoms with Crippen molar-refractivity contribution in [3.05, 3.63) is 65.9 Å². The Kier molecular flexibility index (Phi) is 6.23. The molecule has 0 amide bonds. The second kappa shape index (κ2) is 9.21. The predicted molar refractivity (Wildman–Crippen MR) is 117 cm³/mol. The standard InChI is InChI=1S/C23H27N3O4/c1-27-22-11-16(4-7-21(22)30-14-19-13-28-8-9-29-19)17-10-20(23(25)26-12-17)15-2-5-18(24)6-3-15/h2-7,10-12,19,23,26H,8-9,13-14,24-25H2,1H3/t19-,23?/m1/s1. The van der Waals surface area contributed by atoms with E-state index in [2.05, 4.69) is 11.4 Å². The molecule has 30 heavy (non-hydrogen) atoms. The van der Waals surface area contributed by atoms with Crippen LogP contribution in [0.1, 0.15) is 11.1 Å². The third-order valence-corrected chi connectivity index (χ3v) is 5.12. The first-order valence-corrected chi connectivity index (χ1v) is 9.94. The lowest BCUT2D eigenvalue weighted by Gasteiger charge is -2.24. The minimum atomic E-state index is -0.292. The van der Waals surface area contributed by atoms with Gasteiger partial charge in [-0.1, -0.05) is 18.2 Å². The molecule has 5 N–H and O–H groups in total. The number of hydrogen-bond acceptors (Lipinski definition) is 7. The summed E-state index contributed by atoms with van der Waals surface area (Å²) in [5, 5.41) is 3.23. The van der Waals surface area contributed by atoms with Crippen LogP contribution in [0.15, 0.2) is 54.7 Å². The number of nitrogen functional groups attached to an aromatic ring is 1. The average molecular weight is 409 g/mol. The Hall–Kier alpha value is -3.00. The zero-order valence-corrected chi connectivity index (χ0v) is 17.0. The normalized spacial score (nSPS) is 21.3. The van der Waals surface area contributed by atoms with Crippen LogP contribution < -0.4 is 26.3 Å². The van der Waals surface area contributed by atoms with Crippen molar-refractivity contribution in [2.24, 2.45) is 5.73 Å². The first kappa shape index (κ1) is 20.3. The molecule has 2 atom stereocenters. The van der Waals surface area contributed by atoms with Crippen LogP contribution in [0.5, 0.6) is 11.5 Å². The molecule has 1 unspecified atom stereocenters. The van der Waals surface area contributed by atoms with Gasteiger partial charge in [-0.2, -0.15) is 0 Å². The van der Waals surface area contributed by atoms with E-state index in [1.807, 2.05) is 48.7 Å². The van der Waals surface area contributed by atoms with Gasteiger partial charge in [0, 0.05) is 11.9 Å². The molecule has 1 fully saturated rings. The van der Waals surface area contributed by atoms with Gasteiger partial charge in [-0.3, -0.25) is 0 Å². The lowest BCUT2D eigenvalue weighted by Crippen LogP contribution is -2.36. The smallest absolute Gasteiger partial charge is 0.161 e. The van der Waals surface area contributed by atoms with Gasteiger partial charge in [-0.15, -0.1) is 0 Å². The predicted octanol–water partition coefficient (Wildman–Crippen LogP) is 2.38. The fraction of sp³-hybridized carbons (Fsp3) is 0.304. The molecule has 2 heterocycles. The van der Waals surface area contributed by atoms with E-state index in [-0.39, 0.29) is 12.3 Å². The summed E-state index contributed by atoms with van der Waals surface area (Å²) in [6, 6.07) is 13.5. The summed E-state index contributed by atoms with van der Waals surface area (Å²) in [6.07, 6.45) is 3.63. The summed E-state index contributed by atoms with van der Waals surface area (Å²) in [6.45, 7) is 2.18. The summed E-state index contributed by atoms with van der Waals surface area (Å²) in [5.41, 5.74) is 16.8. The lowest BCUT2D eigenvalue weighted by molar-refractivity contribution is -0.101. The number of benzene rings is 2. The van der Waals surface area contributed by atoms with Crippen LogP contribution in [0.4, 0.5) is 5.69 Å². The molecule has 7 nitrogen and oxygen atoms in total. The number of ether oxygens (including phenoxy) is 4. The van der Waals surface area contributed by atoms with Crippen molar-refractivity contribution >= 4 is 16.8 Å². The quantitative estimate of drug-likeness (QED) is 0.630. The minimum Gasteiger partial charge on any atom is -0.493 e. The second-order valence-corrected chi connectivity index (χ2v) is 7.21.